The largest absolute Gasteiger partial charge is 0.361 e. The fourth-order valence-electron chi connectivity index (χ4n) is 2.25. The Kier molecular flexibility index (Phi) is 8.67. The minimum atomic E-state index is 0. The van der Waals surface area contributed by atoms with E-state index < -0.39 is 0 Å². The number of aliphatic imine (C=N–C) groups is 1. The highest BCUT2D eigenvalue weighted by atomic mass is 127. The van der Waals surface area contributed by atoms with Gasteiger partial charge in [-0.3, -0.25) is 4.99 Å². The standard InChI is InChI=1S/C15H24N6O.HI/c1-4-13-12(14(5-2)22-20-13)10-19-15(16-3)18-7-9-21-8-6-17-11-21;/h6,8,11H,4-5,7,9-10H2,1-3H3,(H2,16,18,19);1H. The number of guanidine groups is 1. The summed E-state index contributed by atoms with van der Waals surface area (Å²) >= 11 is 0. The molecule has 0 amide bonds. The number of aryl methyl sites for hydroxylation is 2. The lowest BCUT2D eigenvalue weighted by Gasteiger charge is -2.12. The van der Waals surface area contributed by atoms with Gasteiger partial charge in [0.25, 0.3) is 0 Å². The van der Waals surface area contributed by atoms with Gasteiger partial charge in [0.05, 0.1) is 12.0 Å². The Bertz CT molecular complexity index is 572. The van der Waals surface area contributed by atoms with Crippen molar-refractivity contribution in [1.82, 2.24) is 25.3 Å². The molecule has 0 saturated heterocycles. The van der Waals surface area contributed by atoms with Gasteiger partial charge in [0, 0.05) is 51.1 Å². The molecule has 0 radical (unpaired) electrons. The third kappa shape index (κ3) is 5.52. The SMILES string of the molecule is CCc1noc(CC)c1CNC(=NC)NCCn1ccnc1.I. The van der Waals surface area contributed by atoms with Gasteiger partial charge in [-0.05, 0) is 6.42 Å². The van der Waals surface area contributed by atoms with Gasteiger partial charge in [-0.25, -0.2) is 4.98 Å². The average molecular weight is 432 g/mol. The normalized spacial score (nSPS) is 11.2. The molecule has 128 valence electrons. The number of hydrogen-bond donors (Lipinski definition) is 2. The molecule has 0 aliphatic carbocycles. The summed E-state index contributed by atoms with van der Waals surface area (Å²) in [5, 5.41) is 10.7. The molecule has 0 bridgehead atoms. The van der Waals surface area contributed by atoms with Gasteiger partial charge in [-0.15, -0.1) is 24.0 Å². The molecule has 0 atom stereocenters. The maximum Gasteiger partial charge on any atom is 0.191 e. The van der Waals surface area contributed by atoms with Crippen molar-refractivity contribution in [2.24, 2.45) is 4.99 Å². The molecule has 0 aliphatic rings. The number of halogens is 1. The molecular formula is C15H25IN6O. The third-order valence-electron chi connectivity index (χ3n) is 3.48. The molecule has 0 fully saturated rings. The maximum absolute atomic E-state index is 5.37. The molecule has 0 spiro atoms. The van der Waals surface area contributed by atoms with Crippen molar-refractivity contribution in [2.45, 2.75) is 39.8 Å². The first-order chi connectivity index (χ1) is 10.8. The Morgan fingerprint density at radius 1 is 1.30 bits per heavy atom. The first kappa shape index (κ1) is 19.5. The molecule has 2 heterocycles. The van der Waals surface area contributed by atoms with Crippen LogP contribution in [0.2, 0.25) is 0 Å². The molecule has 0 aromatic carbocycles. The van der Waals surface area contributed by atoms with Gasteiger partial charge in [0.1, 0.15) is 5.76 Å². The van der Waals surface area contributed by atoms with Gasteiger partial charge in [0.2, 0.25) is 0 Å². The minimum absolute atomic E-state index is 0. The van der Waals surface area contributed by atoms with Crippen LogP contribution in [0.25, 0.3) is 0 Å². The van der Waals surface area contributed by atoms with Gasteiger partial charge < -0.3 is 19.7 Å². The highest BCUT2D eigenvalue weighted by Crippen LogP contribution is 2.15. The summed E-state index contributed by atoms with van der Waals surface area (Å²) in [6.07, 6.45) is 7.23. The van der Waals surface area contributed by atoms with Gasteiger partial charge >= 0.3 is 0 Å². The number of imidazole rings is 1. The van der Waals surface area contributed by atoms with Crippen LogP contribution in [0.4, 0.5) is 0 Å². The highest BCUT2D eigenvalue weighted by molar-refractivity contribution is 14.0. The van der Waals surface area contributed by atoms with E-state index >= 15 is 0 Å². The van der Waals surface area contributed by atoms with Crippen LogP contribution in [0.5, 0.6) is 0 Å². The van der Waals surface area contributed by atoms with E-state index in [0.717, 1.165) is 48.9 Å². The van der Waals surface area contributed by atoms with Crippen molar-refractivity contribution < 1.29 is 4.52 Å². The molecule has 7 nitrogen and oxygen atoms in total. The van der Waals surface area contributed by atoms with E-state index in [9.17, 15) is 0 Å². The van der Waals surface area contributed by atoms with Crippen LogP contribution < -0.4 is 10.6 Å². The lowest BCUT2D eigenvalue weighted by Crippen LogP contribution is -2.38. The van der Waals surface area contributed by atoms with Gasteiger partial charge in [-0.2, -0.15) is 0 Å². The summed E-state index contributed by atoms with van der Waals surface area (Å²) in [5.41, 5.74) is 2.15. The fourth-order valence-corrected chi connectivity index (χ4v) is 2.25. The molecule has 0 aliphatic heterocycles. The maximum atomic E-state index is 5.37. The smallest absolute Gasteiger partial charge is 0.191 e. The summed E-state index contributed by atoms with van der Waals surface area (Å²) in [6.45, 7) is 6.44. The zero-order valence-electron chi connectivity index (χ0n) is 13.9. The lowest BCUT2D eigenvalue weighted by molar-refractivity contribution is 0.380. The highest BCUT2D eigenvalue weighted by Gasteiger charge is 2.13. The molecule has 2 rings (SSSR count). The lowest BCUT2D eigenvalue weighted by atomic mass is 10.1. The molecule has 2 N–H and O–H groups in total. The van der Waals surface area contributed by atoms with Crippen LogP contribution in [0.1, 0.15) is 30.9 Å². The zero-order valence-corrected chi connectivity index (χ0v) is 16.2. The average Bonchev–Trinajstić information content (AvgIpc) is 3.19. The van der Waals surface area contributed by atoms with E-state index in [1.54, 1.807) is 19.6 Å². The first-order valence-electron chi connectivity index (χ1n) is 7.65. The van der Waals surface area contributed by atoms with Crippen molar-refractivity contribution in [3.8, 4) is 0 Å². The number of nitrogens with one attached hydrogen (secondary N) is 2. The Morgan fingerprint density at radius 2 is 2.13 bits per heavy atom. The first-order valence-corrected chi connectivity index (χ1v) is 7.65. The Hall–Kier alpha value is -1.58. The van der Waals surface area contributed by atoms with Crippen molar-refractivity contribution in [2.75, 3.05) is 13.6 Å². The quantitative estimate of drug-likeness (QED) is 0.398. The molecule has 8 heteroatoms. The van der Waals surface area contributed by atoms with Crippen LogP contribution in [0.15, 0.2) is 28.2 Å². The van der Waals surface area contributed by atoms with Crippen LogP contribution in [0.3, 0.4) is 0 Å². The Labute approximate surface area is 154 Å². The fraction of sp³-hybridized carbons (Fsp3) is 0.533. The summed E-state index contributed by atoms with van der Waals surface area (Å²) in [4.78, 5) is 8.26. The van der Waals surface area contributed by atoms with Crippen molar-refractivity contribution in [1.29, 1.82) is 0 Å². The third-order valence-corrected chi connectivity index (χ3v) is 3.48. The minimum Gasteiger partial charge on any atom is -0.361 e. The van der Waals surface area contributed by atoms with Gasteiger partial charge in [0.15, 0.2) is 5.96 Å². The molecule has 0 unspecified atom stereocenters. The van der Waals surface area contributed by atoms with Crippen LogP contribution in [0, 0.1) is 0 Å². The summed E-state index contributed by atoms with van der Waals surface area (Å²) in [7, 11) is 1.77. The van der Waals surface area contributed by atoms with E-state index in [0.29, 0.717) is 6.54 Å². The summed E-state index contributed by atoms with van der Waals surface area (Å²) in [5.74, 6) is 1.71. The predicted molar refractivity (Wildman–Crippen MR) is 101 cm³/mol. The summed E-state index contributed by atoms with van der Waals surface area (Å²) in [6, 6.07) is 0. The van der Waals surface area contributed by atoms with E-state index in [-0.39, 0.29) is 24.0 Å². The van der Waals surface area contributed by atoms with Crippen LogP contribution >= 0.6 is 24.0 Å². The predicted octanol–water partition coefficient (Wildman–Crippen LogP) is 1.98. The second-order valence-corrected chi connectivity index (χ2v) is 4.89. The second-order valence-electron chi connectivity index (χ2n) is 4.89. The van der Waals surface area contributed by atoms with E-state index in [2.05, 4.69) is 39.6 Å². The topological polar surface area (TPSA) is 80.3 Å². The van der Waals surface area contributed by atoms with Crippen LogP contribution in [-0.2, 0) is 25.9 Å². The summed E-state index contributed by atoms with van der Waals surface area (Å²) < 4.78 is 7.39. The van der Waals surface area contributed by atoms with Crippen molar-refractivity contribution in [3.05, 3.63) is 35.7 Å². The molecule has 2 aromatic rings. The Balaban J connectivity index is 0.00000264. The van der Waals surface area contributed by atoms with E-state index in [1.165, 1.54) is 0 Å². The molecular weight excluding hydrogens is 407 g/mol. The number of hydrogen-bond acceptors (Lipinski definition) is 4. The van der Waals surface area contributed by atoms with E-state index in [1.807, 2.05) is 10.8 Å². The van der Waals surface area contributed by atoms with E-state index in [4.69, 9.17) is 4.52 Å². The second kappa shape index (κ2) is 10.2. The van der Waals surface area contributed by atoms with Crippen molar-refractivity contribution in [3.63, 3.8) is 0 Å². The molecule has 23 heavy (non-hydrogen) atoms. The van der Waals surface area contributed by atoms with Crippen LogP contribution in [-0.4, -0.2) is 34.3 Å². The van der Waals surface area contributed by atoms with Gasteiger partial charge in [-0.1, -0.05) is 19.0 Å². The zero-order chi connectivity index (χ0) is 15.8. The molecule has 0 saturated carbocycles. The monoisotopic (exact) mass is 432 g/mol. The Morgan fingerprint density at radius 3 is 2.74 bits per heavy atom. The number of rotatable bonds is 7. The number of aromatic nitrogens is 3. The number of nitrogens with zero attached hydrogens (tertiary/aromatic N) is 4. The molecule has 2 aromatic heterocycles. The van der Waals surface area contributed by atoms with Crippen molar-refractivity contribution >= 4 is 29.9 Å².